The fraction of sp³-hybridized carbons (Fsp3) is 0.167. The molecule has 0 spiro atoms. The van der Waals surface area contributed by atoms with E-state index in [0.717, 1.165) is 10.9 Å². The van der Waals surface area contributed by atoms with E-state index in [4.69, 9.17) is 10.8 Å². The average Bonchev–Trinajstić information content (AvgIpc) is 2.29. The van der Waals surface area contributed by atoms with Gasteiger partial charge in [0, 0.05) is 5.39 Å². The number of rotatable bonds is 2. The van der Waals surface area contributed by atoms with E-state index in [0.29, 0.717) is 5.39 Å². The zero-order valence-corrected chi connectivity index (χ0v) is 8.15. The van der Waals surface area contributed by atoms with Crippen LogP contribution in [0.5, 0.6) is 0 Å². The second kappa shape index (κ2) is 3.96. The largest absolute Gasteiger partial charge is 0.394 e. The summed E-state index contributed by atoms with van der Waals surface area (Å²) in [4.78, 5) is 0. The molecule has 2 rings (SSSR count). The van der Waals surface area contributed by atoms with Gasteiger partial charge in [-0.3, -0.25) is 0 Å². The van der Waals surface area contributed by atoms with Gasteiger partial charge in [-0.1, -0.05) is 30.3 Å². The van der Waals surface area contributed by atoms with Crippen LogP contribution in [0, 0.1) is 5.82 Å². The summed E-state index contributed by atoms with van der Waals surface area (Å²) < 4.78 is 13.4. The van der Waals surface area contributed by atoms with Crippen LogP contribution in [-0.2, 0) is 0 Å². The lowest BCUT2D eigenvalue weighted by molar-refractivity contribution is 0.268. The van der Waals surface area contributed by atoms with E-state index in [1.807, 2.05) is 12.1 Å². The molecule has 0 bridgehead atoms. The lowest BCUT2D eigenvalue weighted by Crippen LogP contribution is -2.14. The minimum Gasteiger partial charge on any atom is -0.394 e. The Labute approximate surface area is 87.1 Å². The third-order valence-electron chi connectivity index (χ3n) is 2.50. The van der Waals surface area contributed by atoms with Crippen molar-refractivity contribution in [3.8, 4) is 0 Å². The van der Waals surface area contributed by atoms with Gasteiger partial charge in [0.1, 0.15) is 5.82 Å². The monoisotopic (exact) mass is 205 g/mol. The summed E-state index contributed by atoms with van der Waals surface area (Å²) in [5.74, 6) is -0.264. The SMILES string of the molecule is N[C@@H](CO)c1ccc(F)c2ccccc12. The van der Waals surface area contributed by atoms with Gasteiger partial charge in [-0.05, 0) is 17.0 Å². The smallest absolute Gasteiger partial charge is 0.131 e. The van der Waals surface area contributed by atoms with Crippen LogP contribution >= 0.6 is 0 Å². The Hall–Kier alpha value is -1.45. The van der Waals surface area contributed by atoms with Crippen molar-refractivity contribution in [3.63, 3.8) is 0 Å². The highest BCUT2D eigenvalue weighted by atomic mass is 19.1. The lowest BCUT2D eigenvalue weighted by atomic mass is 9.99. The molecule has 0 aliphatic heterocycles. The van der Waals surface area contributed by atoms with E-state index >= 15 is 0 Å². The summed E-state index contributed by atoms with van der Waals surface area (Å²) in [6.45, 7) is -0.143. The van der Waals surface area contributed by atoms with E-state index < -0.39 is 6.04 Å². The molecular weight excluding hydrogens is 193 g/mol. The maximum atomic E-state index is 13.4. The second-order valence-electron chi connectivity index (χ2n) is 3.47. The van der Waals surface area contributed by atoms with Crippen LogP contribution in [-0.4, -0.2) is 11.7 Å². The first-order valence-corrected chi connectivity index (χ1v) is 4.77. The van der Waals surface area contributed by atoms with Gasteiger partial charge in [-0.2, -0.15) is 0 Å². The molecule has 0 amide bonds. The standard InChI is InChI=1S/C12H12FNO/c13-11-6-5-10(12(14)7-15)8-3-1-2-4-9(8)11/h1-6,12,15H,7,14H2/t12-/m0/s1. The molecule has 0 saturated heterocycles. The zero-order chi connectivity index (χ0) is 10.8. The first-order chi connectivity index (χ1) is 7.24. The van der Waals surface area contributed by atoms with Gasteiger partial charge in [0.15, 0.2) is 0 Å². The molecule has 0 radical (unpaired) electrons. The Morgan fingerprint density at radius 2 is 1.80 bits per heavy atom. The minimum absolute atomic E-state index is 0.143. The van der Waals surface area contributed by atoms with Crippen molar-refractivity contribution in [3.05, 3.63) is 47.8 Å². The Kier molecular flexibility index (Phi) is 2.66. The maximum absolute atomic E-state index is 13.4. The van der Waals surface area contributed by atoms with Crippen molar-refractivity contribution in [2.45, 2.75) is 6.04 Å². The van der Waals surface area contributed by atoms with Crippen LogP contribution in [0.3, 0.4) is 0 Å². The van der Waals surface area contributed by atoms with Crippen molar-refractivity contribution in [2.75, 3.05) is 6.61 Å². The molecular formula is C12H12FNO. The number of aliphatic hydroxyl groups excluding tert-OH is 1. The summed E-state index contributed by atoms with van der Waals surface area (Å²) in [7, 11) is 0. The summed E-state index contributed by atoms with van der Waals surface area (Å²) in [6, 6.07) is 9.66. The van der Waals surface area contributed by atoms with Gasteiger partial charge in [0.25, 0.3) is 0 Å². The third kappa shape index (κ3) is 1.71. The number of fused-ring (bicyclic) bond motifs is 1. The Balaban J connectivity index is 2.71. The Morgan fingerprint density at radius 1 is 1.13 bits per heavy atom. The number of hydrogen-bond donors (Lipinski definition) is 2. The van der Waals surface area contributed by atoms with Crippen LogP contribution in [0.4, 0.5) is 4.39 Å². The molecule has 0 unspecified atom stereocenters. The number of hydrogen-bond acceptors (Lipinski definition) is 2. The number of aliphatic hydroxyl groups is 1. The Morgan fingerprint density at radius 3 is 2.47 bits per heavy atom. The second-order valence-corrected chi connectivity index (χ2v) is 3.47. The highest BCUT2D eigenvalue weighted by Gasteiger charge is 2.10. The summed E-state index contributed by atoms with van der Waals surface area (Å²) in [5.41, 5.74) is 6.51. The quantitative estimate of drug-likeness (QED) is 0.787. The zero-order valence-electron chi connectivity index (χ0n) is 8.15. The summed E-state index contributed by atoms with van der Waals surface area (Å²) in [6.07, 6.45) is 0. The van der Waals surface area contributed by atoms with Crippen LogP contribution in [0.25, 0.3) is 10.8 Å². The maximum Gasteiger partial charge on any atom is 0.131 e. The normalized spacial score (nSPS) is 13.0. The van der Waals surface area contributed by atoms with E-state index in [1.54, 1.807) is 18.2 Å². The molecule has 0 aliphatic carbocycles. The predicted octanol–water partition coefficient (Wildman–Crippen LogP) is 1.97. The topological polar surface area (TPSA) is 46.2 Å². The lowest BCUT2D eigenvalue weighted by Gasteiger charge is -2.12. The van der Waals surface area contributed by atoms with E-state index in [-0.39, 0.29) is 12.4 Å². The molecule has 3 heteroatoms. The average molecular weight is 205 g/mol. The predicted molar refractivity (Wildman–Crippen MR) is 57.9 cm³/mol. The number of halogens is 1. The fourth-order valence-electron chi connectivity index (χ4n) is 1.71. The molecule has 2 aromatic carbocycles. The summed E-state index contributed by atoms with van der Waals surface area (Å²) >= 11 is 0. The first-order valence-electron chi connectivity index (χ1n) is 4.77. The van der Waals surface area contributed by atoms with E-state index in [2.05, 4.69) is 0 Å². The first kappa shape index (κ1) is 10.1. The van der Waals surface area contributed by atoms with Gasteiger partial charge >= 0.3 is 0 Å². The molecule has 0 aromatic heterocycles. The van der Waals surface area contributed by atoms with Crippen LogP contribution in [0.15, 0.2) is 36.4 Å². The van der Waals surface area contributed by atoms with Gasteiger partial charge in [-0.25, -0.2) is 4.39 Å². The van der Waals surface area contributed by atoms with Crippen LogP contribution < -0.4 is 5.73 Å². The van der Waals surface area contributed by atoms with E-state index in [9.17, 15) is 4.39 Å². The van der Waals surface area contributed by atoms with Crippen molar-refractivity contribution in [2.24, 2.45) is 5.73 Å². The molecule has 0 fully saturated rings. The van der Waals surface area contributed by atoms with Crippen LogP contribution in [0.1, 0.15) is 11.6 Å². The molecule has 1 atom stereocenters. The van der Waals surface area contributed by atoms with Crippen molar-refractivity contribution >= 4 is 10.8 Å². The van der Waals surface area contributed by atoms with Gasteiger partial charge in [0.05, 0.1) is 12.6 Å². The molecule has 3 N–H and O–H groups in total. The molecule has 2 nitrogen and oxygen atoms in total. The molecule has 0 aliphatic rings. The fourth-order valence-corrected chi connectivity index (χ4v) is 1.71. The van der Waals surface area contributed by atoms with Crippen molar-refractivity contribution < 1.29 is 9.50 Å². The third-order valence-corrected chi connectivity index (χ3v) is 2.50. The van der Waals surface area contributed by atoms with Crippen molar-refractivity contribution in [1.82, 2.24) is 0 Å². The highest BCUT2D eigenvalue weighted by Crippen LogP contribution is 2.25. The van der Waals surface area contributed by atoms with Crippen LogP contribution in [0.2, 0.25) is 0 Å². The molecule has 78 valence electrons. The number of benzene rings is 2. The molecule has 15 heavy (non-hydrogen) atoms. The highest BCUT2D eigenvalue weighted by molar-refractivity contribution is 5.86. The molecule has 0 saturated carbocycles. The van der Waals surface area contributed by atoms with Crippen molar-refractivity contribution in [1.29, 1.82) is 0 Å². The summed E-state index contributed by atoms with van der Waals surface area (Å²) in [5, 5.41) is 10.3. The van der Waals surface area contributed by atoms with Gasteiger partial charge < -0.3 is 10.8 Å². The van der Waals surface area contributed by atoms with Gasteiger partial charge in [0.2, 0.25) is 0 Å². The van der Waals surface area contributed by atoms with Gasteiger partial charge in [-0.15, -0.1) is 0 Å². The van der Waals surface area contributed by atoms with E-state index in [1.165, 1.54) is 6.07 Å². The Bertz CT molecular complexity index is 484. The number of nitrogens with two attached hydrogens (primary N) is 1. The molecule has 2 aromatic rings. The molecule has 0 heterocycles. The minimum atomic E-state index is -0.463.